The van der Waals surface area contributed by atoms with E-state index in [1.165, 1.54) is 0 Å². The van der Waals surface area contributed by atoms with E-state index in [-0.39, 0.29) is 6.54 Å². The van der Waals surface area contributed by atoms with Gasteiger partial charge in [0, 0.05) is 17.3 Å². The highest BCUT2D eigenvalue weighted by Gasteiger charge is 2.13. The van der Waals surface area contributed by atoms with Crippen molar-refractivity contribution in [3.63, 3.8) is 0 Å². The van der Waals surface area contributed by atoms with Crippen molar-refractivity contribution < 1.29 is 14.3 Å². The molecule has 0 saturated heterocycles. The molecule has 0 radical (unpaired) electrons. The third-order valence-corrected chi connectivity index (χ3v) is 3.17. The smallest absolute Gasteiger partial charge is 0.313 e. The second-order valence-corrected chi connectivity index (χ2v) is 4.93. The highest BCUT2D eigenvalue weighted by Crippen LogP contribution is 2.14. The van der Waals surface area contributed by atoms with E-state index < -0.39 is 11.8 Å². The Morgan fingerprint density at radius 1 is 1.00 bits per heavy atom. The van der Waals surface area contributed by atoms with E-state index in [9.17, 15) is 9.59 Å². The van der Waals surface area contributed by atoms with Crippen molar-refractivity contribution in [2.75, 3.05) is 12.4 Å². The molecule has 2 N–H and O–H groups in total. The molecule has 0 spiro atoms. The lowest BCUT2D eigenvalue weighted by atomic mass is 10.2. The van der Waals surface area contributed by atoms with Crippen LogP contribution in [0, 0.1) is 0 Å². The number of carbonyl (C=O) groups excluding carboxylic acids is 2. The summed E-state index contributed by atoms with van der Waals surface area (Å²) in [5.74, 6) is -0.755. The summed E-state index contributed by atoms with van der Waals surface area (Å²) in [6, 6.07) is 13.7. The van der Waals surface area contributed by atoms with Crippen LogP contribution in [0.25, 0.3) is 0 Å². The van der Waals surface area contributed by atoms with Gasteiger partial charge in [-0.25, -0.2) is 0 Å². The van der Waals surface area contributed by atoms with E-state index in [0.29, 0.717) is 16.5 Å². The lowest BCUT2D eigenvalue weighted by Gasteiger charge is -2.07. The summed E-state index contributed by atoms with van der Waals surface area (Å²) < 4.78 is 5.02. The van der Waals surface area contributed by atoms with Crippen LogP contribution < -0.4 is 15.4 Å². The number of carbonyl (C=O) groups is 2. The van der Waals surface area contributed by atoms with Gasteiger partial charge in [-0.3, -0.25) is 9.59 Å². The van der Waals surface area contributed by atoms with Gasteiger partial charge in [0.1, 0.15) is 5.75 Å². The fraction of sp³-hybridized carbons (Fsp3) is 0.125. The van der Waals surface area contributed by atoms with E-state index in [0.717, 1.165) is 5.56 Å². The van der Waals surface area contributed by atoms with Crippen molar-refractivity contribution in [3.8, 4) is 5.75 Å². The molecule has 114 valence electrons. The van der Waals surface area contributed by atoms with Gasteiger partial charge in [0.25, 0.3) is 0 Å². The van der Waals surface area contributed by atoms with Gasteiger partial charge in [-0.05, 0) is 42.0 Å². The Morgan fingerprint density at radius 2 is 1.64 bits per heavy atom. The molecular formula is C16H15ClN2O3. The minimum absolute atomic E-state index is 0.256. The second-order valence-electron chi connectivity index (χ2n) is 4.49. The first-order chi connectivity index (χ1) is 10.6. The molecule has 2 aromatic rings. The summed E-state index contributed by atoms with van der Waals surface area (Å²) >= 11 is 5.78. The lowest BCUT2D eigenvalue weighted by Crippen LogP contribution is -2.34. The SMILES string of the molecule is COc1ccc(NC(=O)C(=O)NCc2ccc(Cl)cc2)cc1. The number of nitrogens with one attached hydrogen (secondary N) is 2. The molecule has 2 aromatic carbocycles. The summed E-state index contributed by atoms with van der Waals surface area (Å²) in [4.78, 5) is 23.5. The summed E-state index contributed by atoms with van der Waals surface area (Å²) in [6.07, 6.45) is 0. The Bertz CT molecular complexity index is 654. The predicted molar refractivity (Wildman–Crippen MR) is 84.9 cm³/mol. The van der Waals surface area contributed by atoms with Crippen LogP contribution in [0.2, 0.25) is 5.02 Å². The molecule has 5 nitrogen and oxygen atoms in total. The molecule has 0 fully saturated rings. The topological polar surface area (TPSA) is 67.4 Å². The van der Waals surface area contributed by atoms with Gasteiger partial charge in [-0.15, -0.1) is 0 Å². The van der Waals surface area contributed by atoms with Crippen molar-refractivity contribution in [1.29, 1.82) is 0 Å². The predicted octanol–water partition coefficient (Wildman–Crippen LogP) is 2.60. The first-order valence-corrected chi connectivity index (χ1v) is 6.94. The monoisotopic (exact) mass is 318 g/mol. The quantitative estimate of drug-likeness (QED) is 0.852. The van der Waals surface area contributed by atoms with Gasteiger partial charge in [0.05, 0.1) is 7.11 Å². The molecule has 0 heterocycles. The standard InChI is InChI=1S/C16H15ClN2O3/c1-22-14-8-6-13(7-9-14)19-16(21)15(20)18-10-11-2-4-12(17)5-3-11/h2-9H,10H2,1H3,(H,18,20)(H,19,21). The maximum atomic E-state index is 11.8. The van der Waals surface area contributed by atoms with E-state index in [4.69, 9.17) is 16.3 Å². The lowest BCUT2D eigenvalue weighted by molar-refractivity contribution is -0.136. The maximum Gasteiger partial charge on any atom is 0.313 e. The summed E-state index contributed by atoms with van der Waals surface area (Å²) in [5, 5.41) is 5.67. The minimum atomic E-state index is -0.723. The number of methoxy groups -OCH3 is 1. The molecular weight excluding hydrogens is 304 g/mol. The molecule has 0 atom stereocenters. The van der Waals surface area contributed by atoms with E-state index in [1.807, 2.05) is 0 Å². The Balaban J connectivity index is 1.86. The van der Waals surface area contributed by atoms with Crippen LogP contribution in [0.5, 0.6) is 5.75 Å². The van der Waals surface area contributed by atoms with Crippen LogP contribution in [0.1, 0.15) is 5.56 Å². The Kier molecular flexibility index (Phi) is 5.38. The van der Waals surface area contributed by atoms with Crippen molar-refractivity contribution in [1.82, 2.24) is 5.32 Å². The first kappa shape index (κ1) is 15.9. The van der Waals surface area contributed by atoms with Crippen molar-refractivity contribution in [2.45, 2.75) is 6.54 Å². The fourth-order valence-corrected chi connectivity index (χ4v) is 1.85. The molecule has 0 unspecified atom stereocenters. The molecule has 0 aliphatic heterocycles. The van der Waals surface area contributed by atoms with Gasteiger partial charge in [0.2, 0.25) is 0 Å². The minimum Gasteiger partial charge on any atom is -0.497 e. The molecule has 0 aliphatic carbocycles. The van der Waals surface area contributed by atoms with Gasteiger partial charge in [-0.1, -0.05) is 23.7 Å². The Hall–Kier alpha value is -2.53. The fourth-order valence-electron chi connectivity index (χ4n) is 1.73. The molecule has 6 heteroatoms. The average molecular weight is 319 g/mol. The second kappa shape index (κ2) is 7.47. The van der Waals surface area contributed by atoms with Gasteiger partial charge >= 0.3 is 11.8 Å². The molecule has 2 amide bonds. The largest absolute Gasteiger partial charge is 0.497 e. The van der Waals surface area contributed by atoms with Crippen molar-refractivity contribution in [2.24, 2.45) is 0 Å². The normalized spacial score (nSPS) is 9.91. The van der Waals surface area contributed by atoms with Gasteiger partial charge in [-0.2, -0.15) is 0 Å². The summed E-state index contributed by atoms with van der Waals surface area (Å²) in [6.45, 7) is 0.256. The van der Waals surface area contributed by atoms with Gasteiger partial charge in [0.15, 0.2) is 0 Å². The Morgan fingerprint density at radius 3 is 2.23 bits per heavy atom. The van der Waals surface area contributed by atoms with E-state index in [2.05, 4.69) is 10.6 Å². The van der Waals surface area contributed by atoms with Crippen LogP contribution >= 0.6 is 11.6 Å². The van der Waals surface area contributed by atoms with Crippen LogP contribution in [0.3, 0.4) is 0 Å². The number of benzene rings is 2. The van der Waals surface area contributed by atoms with Gasteiger partial charge < -0.3 is 15.4 Å². The van der Waals surface area contributed by atoms with Crippen molar-refractivity contribution >= 4 is 29.1 Å². The van der Waals surface area contributed by atoms with Crippen LogP contribution in [0.4, 0.5) is 5.69 Å². The first-order valence-electron chi connectivity index (χ1n) is 6.56. The average Bonchev–Trinajstić information content (AvgIpc) is 2.54. The zero-order valence-corrected chi connectivity index (χ0v) is 12.7. The number of rotatable bonds is 4. The molecule has 0 aromatic heterocycles. The van der Waals surface area contributed by atoms with Crippen LogP contribution in [-0.2, 0) is 16.1 Å². The third-order valence-electron chi connectivity index (χ3n) is 2.92. The zero-order valence-electron chi connectivity index (χ0n) is 11.9. The zero-order chi connectivity index (χ0) is 15.9. The Labute approximate surface area is 133 Å². The van der Waals surface area contributed by atoms with Crippen LogP contribution in [0.15, 0.2) is 48.5 Å². The summed E-state index contributed by atoms with van der Waals surface area (Å²) in [5.41, 5.74) is 1.38. The summed E-state index contributed by atoms with van der Waals surface area (Å²) in [7, 11) is 1.55. The van der Waals surface area contributed by atoms with E-state index in [1.54, 1.807) is 55.6 Å². The molecule has 0 bridgehead atoms. The number of hydrogen-bond acceptors (Lipinski definition) is 3. The highest BCUT2D eigenvalue weighted by atomic mass is 35.5. The van der Waals surface area contributed by atoms with Crippen molar-refractivity contribution in [3.05, 3.63) is 59.1 Å². The third kappa shape index (κ3) is 4.49. The number of anilines is 1. The number of amides is 2. The highest BCUT2D eigenvalue weighted by molar-refractivity contribution is 6.39. The molecule has 0 aliphatic rings. The molecule has 22 heavy (non-hydrogen) atoms. The maximum absolute atomic E-state index is 11.8. The molecule has 2 rings (SSSR count). The molecule has 0 saturated carbocycles. The number of halogens is 1. The van der Waals surface area contributed by atoms with Crippen LogP contribution in [-0.4, -0.2) is 18.9 Å². The number of hydrogen-bond donors (Lipinski definition) is 2. The van der Waals surface area contributed by atoms with E-state index >= 15 is 0 Å². The number of ether oxygens (including phenoxy) is 1.